The number of hydrogen-bond donors (Lipinski definition) is 1. The molecule has 2 heterocycles. The normalized spacial score (nSPS) is 17.3. The molecule has 1 aliphatic rings. The van der Waals surface area contributed by atoms with Crippen molar-refractivity contribution in [2.75, 3.05) is 26.2 Å². The maximum Gasteiger partial charge on any atom is 0.265 e. The van der Waals surface area contributed by atoms with Crippen molar-refractivity contribution in [3.8, 4) is 16.3 Å². The van der Waals surface area contributed by atoms with Crippen LogP contribution in [-0.2, 0) is 0 Å². The minimum atomic E-state index is 0.0816. The Morgan fingerprint density at radius 1 is 1.42 bits per heavy atom. The number of thiazole rings is 1. The van der Waals surface area contributed by atoms with Crippen LogP contribution in [0.25, 0.3) is 10.6 Å². The maximum absolute atomic E-state index is 12.7. The number of nitrogens with two attached hydrogens (primary N) is 1. The van der Waals surface area contributed by atoms with Crippen molar-refractivity contribution in [2.45, 2.75) is 20.3 Å². The molecule has 1 saturated heterocycles. The van der Waals surface area contributed by atoms with Gasteiger partial charge >= 0.3 is 0 Å². The Hall–Kier alpha value is -1.92. The molecule has 128 valence electrons. The molecule has 5 nitrogen and oxygen atoms in total. The summed E-state index contributed by atoms with van der Waals surface area (Å²) in [5.74, 6) is 1.35. The Morgan fingerprint density at radius 2 is 2.17 bits per heavy atom. The number of likely N-dealkylation sites (tertiary alicyclic amines) is 1. The maximum atomic E-state index is 12.7. The molecule has 0 aliphatic carbocycles. The van der Waals surface area contributed by atoms with E-state index in [1.54, 1.807) is 0 Å². The number of benzene rings is 1. The van der Waals surface area contributed by atoms with Gasteiger partial charge in [-0.2, -0.15) is 0 Å². The van der Waals surface area contributed by atoms with Crippen molar-refractivity contribution < 1.29 is 9.53 Å². The third kappa shape index (κ3) is 3.44. The minimum Gasteiger partial charge on any atom is -0.494 e. The number of hydrogen-bond acceptors (Lipinski definition) is 5. The first-order valence-corrected chi connectivity index (χ1v) is 9.14. The molecule has 0 bridgehead atoms. The SMILES string of the molecule is CCOc1ccc(-c2nc(C)c(C(=O)N3CC[C@@H](CN)C3)s2)cc1. The summed E-state index contributed by atoms with van der Waals surface area (Å²) in [6, 6.07) is 7.84. The number of nitrogens with zero attached hydrogens (tertiary/aromatic N) is 2. The highest BCUT2D eigenvalue weighted by Crippen LogP contribution is 2.31. The van der Waals surface area contributed by atoms with Gasteiger partial charge in [0.15, 0.2) is 0 Å². The molecule has 2 aromatic rings. The highest BCUT2D eigenvalue weighted by Gasteiger charge is 2.28. The molecular formula is C18H23N3O2S. The van der Waals surface area contributed by atoms with Crippen molar-refractivity contribution in [2.24, 2.45) is 11.7 Å². The van der Waals surface area contributed by atoms with E-state index >= 15 is 0 Å². The predicted octanol–water partition coefficient (Wildman–Crippen LogP) is 2.94. The molecule has 3 rings (SSSR count). The Labute approximate surface area is 146 Å². The largest absolute Gasteiger partial charge is 0.494 e. The lowest BCUT2D eigenvalue weighted by molar-refractivity contribution is 0.0791. The molecule has 0 saturated carbocycles. The van der Waals surface area contributed by atoms with E-state index in [9.17, 15) is 4.79 Å². The van der Waals surface area contributed by atoms with Crippen LogP contribution in [0, 0.1) is 12.8 Å². The molecule has 1 aromatic heterocycles. The van der Waals surface area contributed by atoms with Crippen LogP contribution >= 0.6 is 11.3 Å². The zero-order valence-electron chi connectivity index (χ0n) is 14.1. The van der Waals surface area contributed by atoms with Crippen molar-refractivity contribution in [1.82, 2.24) is 9.88 Å². The van der Waals surface area contributed by atoms with Crippen LogP contribution in [0.5, 0.6) is 5.75 Å². The van der Waals surface area contributed by atoms with Gasteiger partial charge in [-0.15, -0.1) is 11.3 Å². The third-order valence-electron chi connectivity index (χ3n) is 4.31. The predicted molar refractivity (Wildman–Crippen MR) is 96.5 cm³/mol. The van der Waals surface area contributed by atoms with Crippen molar-refractivity contribution in [3.63, 3.8) is 0 Å². The zero-order chi connectivity index (χ0) is 17.1. The van der Waals surface area contributed by atoms with Crippen LogP contribution in [0.3, 0.4) is 0 Å². The third-order valence-corrected chi connectivity index (χ3v) is 5.50. The van der Waals surface area contributed by atoms with E-state index in [4.69, 9.17) is 10.5 Å². The van der Waals surface area contributed by atoms with Crippen molar-refractivity contribution in [1.29, 1.82) is 0 Å². The van der Waals surface area contributed by atoms with Crippen LogP contribution in [0.15, 0.2) is 24.3 Å². The van der Waals surface area contributed by atoms with Crippen molar-refractivity contribution >= 4 is 17.2 Å². The molecule has 2 N–H and O–H groups in total. The Balaban J connectivity index is 1.78. The Bertz CT molecular complexity index is 712. The van der Waals surface area contributed by atoms with Crippen LogP contribution in [0.4, 0.5) is 0 Å². The summed E-state index contributed by atoms with van der Waals surface area (Å²) in [5.41, 5.74) is 7.52. The van der Waals surface area contributed by atoms with Gasteiger partial charge < -0.3 is 15.4 Å². The number of ether oxygens (including phenoxy) is 1. The number of amides is 1. The van der Waals surface area contributed by atoms with E-state index < -0.39 is 0 Å². The fraction of sp³-hybridized carbons (Fsp3) is 0.444. The summed E-state index contributed by atoms with van der Waals surface area (Å²) >= 11 is 1.46. The van der Waals surface area contributed by atoms with Gasteiger partial charge in [0.2, 0.25) is 0 Å². The van der Waals surface area contributed by atoms with Gasteiger partial charge in [0, 0.05) is 18.7 Å². The fourth-order valence-corrected chi connectivity index (χ4v) is 3.97. The second-order valence-corrected chi connectivity index (χ2v) is 7.03. The van der Waals surface area contributed by atoms with Crippen LogP contribution in [-0.4, -0.2) is 42.0 Å². The van der Waals surface area contributed by atoms with Gasteiger partial charge in [-0.25, -0.2) is 4.98 Å². The standard InChI is InChI=1S/C18H23N3O2S/c1-3-23-15-6-4-14(5-7-15)17-20-12(2)16(24-17)18(22)21-9-8-13(10-19)11-21/h4-7,13H,3,8-11,19H2,1-2H3/t13-/m0/s1. The second-order valence-electron chi connectivity index (χ2n) is 6.03. The molecule has 0 radical (unpaired) electrons. The number of aromatic nitrogens is 1. The summed E-state index contributed by atoms with van der Waals surface area (Å²) in [7, 11) is 0. The highest BCUT2D eigenvalue weighted by molar-refractivity contribution is 7.17. The van der Waals surface area contributed by atoms with E-state index in [-0.39, 0.29) is 5.91 Å². The number of carbonyl (C=O) groups excluding carboxylic acids is 1. The number of carbonyl (C=O) groups is 1. The monoisotopic (exact) mass is 345 g/mol. The van der Waals surface area contributed by atoms with Gasteiger partial charge in [-0.3, -0.25) is 4.79 Å². The molecular weight excluding hydrogens is 322 g/mol. The molecule has 1 aromatic carbocycles. The summed E-state index contributed by atoms with van der Waals surface area (Å²) in [5, 5.41) is 0.869. The van der Waals surface area contributed by atoms with E-state index in [2.05, 4.69) is 4.98 Å². The van der Waals surface area contributed by atoms with E-state index in [1.165, 1.54) is 11.3 Å². The van der Waals surface area contributed by atoms with Gasteiger partial charge in [0.05, 0.1) is 12.3 Å². The lowest BCUT2D eigenvalue weighted by Crippen LogP contribution is -2.29. The summed E-state index contributed by atoms with van der Waals surface area (Å²) in [4.78, 5) is 20.0. The van der Waals surface area contributed by atoms with Crippen LogP contribution in [0.2, 0.25) is 0 Å². The number of rotatable bonds is 5. The number of aryl methyl sites for hydroxylation is 1. The van der Waals surface area contributed by atoms with Gasteiger partial charge in [-0.05, 0) is 57.0 Å². The van der Waals surface area contributed by atoms with Gasteiger partial charge in [0.1, 0.15) is 15.6 Å². The molecule has 0 unspecified atom stereocenters. The van der Waals surface area contributed by atoms with E-state index in [0.29, 0.717) is 19.1 Å². The van der Waals surface area contributed by atoms with Crippen molar-refractivity contribution in [3.05, 3.63) is 34.8 Å². The van der Waals surface area contributed by atoms with E-state index in [1.807, 2.05) is 43.0 Å². The average Bonchev–Trinajstić information content (AvgIpc) is 3.22. The van der Waals surface area contributed by atoms with Crippen LogP contribution < -0.4 is 10.5 Å². The van der Waals surface area contributed by atoms with Gasteiger partial charge in [-0.1, -0.05) is 0 Å². The average molecular weight is 345 g/mol. The molecule has 24 heavy (non-hydrogen) atoms. The lowest BCUT2D eigenvalue weighted by Gasteiger charge is -2.15. The second kappa shape index (κ2) is 7.32. The Kier molecular flexibility index (Phi) is 5.16. The van der Waals surface area contributed by atoms with Crippen LogP contribution in [0.1, 0.15) is 28.7 Å². The molecule has 1 aliphatic heterocycles. The summed E-state index contributed by atoms with van der Waals surface area (Å²) < 4.78 is 5.46. The smallest absolute Gasteiger partial charge is 0.265 e. The summed E-state index contributed by atoms with van der Waals surface area (Å²) in [6.45, 7) is 6.69. The topological polar surface area (TPSA) is 68.5 Å². The first kappa shape index (κ1) is 16.9. The fourth-order valence-electron chi connectivity index (χ4n) is 2.93. The summed E-state index contributed by atoms with van der Waals surface area (Å²) in [6.07, 6.45) is 0.992. The first-order valence-electron chi connectivity index (χ1n) is 8.32. The Morgan fingerprint density at radius 3 is 2.79 bits per heavy atom. The quantitative estimate of drug-likeness (QED) is 0.905. The van der Waals surface area contributed by atoms with E-state index in [0.717, 1.165) is 46.4 Å². The first-order chi connectivity index (χ1) is 11.6. The molecule has 1 fully saturated rings. The molecule has 0 spiro atoms. The zero-order valence-corrected chi connectivity index (χ0v) is 14.9. The lowest BCUT2D eigenvalue weighted by atomic mass is 10.1. The van der Waals surface area contributed by atoms with Gasteiger partial charge in [0.25, 0.3) is 5.91 Å². The molecule has 1 atom stereocenters. The molecule has 1 amide bonds. The minimum absolute atomic E-state index is 0.0816. The highest BCUT2D eigenvalue weighted by atomic mass is 32.1. The molecule has 6 heteroatoms.